The number of piperidine rings is 1. The topological polar surface area (TPSA) is 56.1 Å². The summed E-state index contributed by atoms with van der Waals surface area (Å²) in [6, 6.07) is 0. The highest BCUT2D eigenvalue weighted by atomic mass is 16.5. The van der Waals surface area contributed by atoms with Crippen molar-refractivity contribution in [2.24, 2.45) is 7.05 Å². The van der Waals surface area contributed by atoms with Crippen LogP contribution in [0.4, 0.5) is 5.82 Å². The smallest absolute Gasteiger partial charge is 0.163 e. The Morgan fingerprint density at radius 3 is 3.16 bits per heavy atom. The van der Waals surface area contributed by atoms with Crippen LogP contribution in [0, 0.1) is 0 Å². The Balaban J connectivity index is 1.91. The van der Waals surface area contributed by atoms with E-state index >= 15 is 0 Å². The van der Waals surface area contributed by atoms with Gasteiger partial charge in [-0.15, -0.1) is 0 Å². The molecular weight excluding hydrogens is 242 g/mol. The van der Waals surface area contributed by atoms with Gasteiger partial charge in [0.1, 0.15) is 12.1 Å². The van der Waals surface area contributed by atoms with Crippen LogP contribution in [0.25, 0.3) is 11.0 Å². The van der Waals surface area contributed by atoms with Gasteiger partial charge in [0, 0.05) is 26.7 Å². The minimum atomic E-state index is 0.306. The summed E-state index contributed by atoms with van der Waals surface area (Å²) in [5, 5.41) is 5.28. The molecule has 0 N–H and O–H groups in total. The summed E-state index contributed by atoms with van der Waals surface area (Å²) in [6.45, 7) is 4.73. The number of hydrogen-bond donors (Lipinski definition) is 0. The molecule has 2 aromatic heterocycles. The van der Waals surface area contributed by atoms with Crippen molar-refractivity contribution in [3.05, 3.63) is 12.5 Å². The van der Waals surface area contributed by atoms with Crippen molar-refractivity contribution < 1.29 is 4.74 Å². The van der Waals surface area contributed by atoms with Crippen molar-refractivity contribution in [2.45, 2.75) is 25.9 Å². The summed E-state index contributed by atoms with van der Waals surface area (Å²) in [4.78, 5) is 11.0. The molecule has 0 saturated carbocycles. The third-order valence-corrected chi connectivity index (χ3v) is 3.59. The molecule has 0 amide bonds. The van der Waals surface area contributed by atoms with Crippen LogP contribution < -0.4 is 4.90 Å². The molecule has 1 fully saturated rings. The van der Waals surface area contributed by atoms with E-state index in [1.54, 1.807) is 11.0 Å². The van der Waals surface area contributed by atoms with Crippen LogP contribution in [-0.2, 0) is 11.8 Å². The maximum absolute atomic E-state index is 5.75. The van der Waals surface area contributed by atoms with Gasteiger partial charge in [-0.05, 0) is 19.8 Å². The molecule has 0 bridgehead atoms. The molecule has 3 rings (SSSR count). The molecule has 1 atom stereocenters. The van der Waals surface area contributed by atoms with Crippen molar-refractivity contribution >= 4 is 16.9 Å². The van der Waals surface area contributed by atoms with Gasteiger partial charge in [0.05, 0.1) is 17.7 Å². The molecule has 6 nitrogen and oxygen atoms in total. The zero-order chi connectivity index (χ0) is 13.2. The minimum absolute atomic E-state index is 0.306. The van der Waals surface area contributed by atoms with E-state index in [1.165, 1.54) is 0 Å². The Labute approximate surface area is 112 Å². The fraction of sp³-hybridized carbons (Fsp3) is 0.615. The summed E-state index contributed by atoms with van der Waals surface area (Å²) < 4.78 is 7.53. The lowest BCUT2D eigenvalue weighted by Gasteiger charge is -2.33. The monoisotopic (exact) mass is 261 g/mol. The number of rotatable bonds is 3. The first-order valence-electron chi connectivity index (χ1n) is 6.79. The number of hydrogen-bond acceptors (Lipinski definition) is 5. The molecule has 19 heavy (non-hydrogen) atoms. The second kappa shape index (κ2) is 5.13. The number of aryl methyl sites for hydroxylation is 1. The van der Waals surface area contributed by atoms with Gasteiger partial charge in [0.2, 0.25) is 0 Å². The Kier molecular flexibility index (Phi) is 3.33. The van der Waals surface area contributed by atoms with Gasteiger partial charge in [-0.2, -0.15) is 5.10 Å². The van der Waals surface area contributed by atoms with Gasteiger partial charge in [0.15, 0.2) is 5.65 Å². The second-order valence-electron chi connectivity index (χ2n) is 4.87. The van der Waals surface area contributed by atoms with Crippen LogP contribution in [0.3, 0.4) is 0 Å². The van der Waals surface area contributed by atoms with Crippen LogP contribution in [-0.4, -0.2) is 45.5 Å². The number of aromatic nitrogens is 4. The quantitative estimate of drug-likeness (QED) is 0.835. The normalized spacial score (nSPS) is 20.1. The average Bonchev–Trinajstić information content (AvgIpc) is 2.81. The first-order chi connectivity index (χ1) is 9.29. The molecule has 102 valence electrons. The maximum atomic E-state index is 5.75. The van der Waals surface area contributed by atoms with Gasteiger partial charge in [-0.3, -0.25) is 4.68 Å². The van der Waals surface area contributed by atoms with Crippen LogP contribution in [0.2, 0.25) is 0 Å². The molecule has 1 aliphatic rings. The third kappa shape index (κ3) is 2.28. The lowest BCUT2D eigenvalue weighted by molar-refractivity contribution is 0.0526. The van der Waals surface area contributed by atoms with Gasteiger partial charge < -0.3 is 9.64 Å². The fourth-order valence-corrected chi connectivity index (χ4v) is 2.70. The van der Waals surface area contributed by atoms with Crippen LogP contribution in [0.1, 0.15) is 19.8 Å². The molecule has 0 aliphatic carbocycles. The van der Waals surface area contributed by atoms with Crippen molar-refractivity contribution in [3.63, 3.8) is 0 Å². The standard InChI is InChI=1S/C13H19N5O/c1-3-19-10-5-4-6-18(8-10)13-11-7-16-17(2)12(11)14-9-15-13/h7,9-10H,3-6,8H2,1-2H3. The molecule has 1 aliphatic heterocycles. The summed E-state index contributed by atoms with van der Waals surface area (Å²) in [7, 11) is 1.90. The molecule has 0 radical (unpaired) electrons. The highest BCUT2D eigenvalue weighted by Gasteiger charge is 2.23. The van der Waals surface area contributed by atoms with Gasteiger partial charge in [-0.1, -0.05) is 0 Å². The van der Waals surface area contributed by atoms with E-state index < -0.39 is 0 Å². The maximum Gasteiger partial charge on any atom is 0.163 e. The van der Waals surface area contributed by atoms with Crippen molar-refractivity contribution in [1.29, 1.82) is 0 Å². The molecule has 3 heterocycles. The largest absolute Gasteiger partial charge is 0.377 e. The fourth-order valence-electron chi connectivity index (χ4n) is 2.70. The Hall–Kier alpha value is -1.69. The summed E-state index contributed by atoms with van der Waals surface area (Å²) in [6.07, 6.45) is 6.03. The zero-order valence-electron chi connectivity index (χ0n) is 11.4. The lowest BCUT2D eigenvalue weighted by Crippen LogP contribution is -2.40. The van der Waals surface area contributed by atoms with Gasteiger partial charge in [-0.25, -0.2) is 9.97 Å². The number of anilines is 1. The summed E-state index contributed by atoms with van der Waals surface area (Å²) in [5.41, 5.74) is 0.878. The minimum Gasteiger partial charge on any atom is -0.377 e. The number of nitrogens with zero attached hydrogens (tertiary/aromatic N) is 5. The predicted molar refractivity (Wildman–Crippen MR) is 73.2 cm³/mol. The van der Waals surface area contributed by atoms with Gasteiger partial charge >= 0.3 is 0 Å². The highest BCUT2D eigenvalue weighted by molar-refractivity contribution is 5.86. The summed E-state index contributed by atoms with van der Waals surface area (Å²) in [5.74, 6) is 0.975. The van der Waals surface area contributed by atoms with Crippen molar-refractivity contribution in [2.75, 3.05) is 24.6 Å². The molecule has 0 spiro atoms. The summed E-state index contributed by atoms with van der Waals surface area (Å²) >= 11 is 0. The van der Waals surface area contributed by atoms with E-state index in [0.717, 1.165) is 49.4 Å². The zero-order valence-corrected chi connectivity index (χ0v) is 11.4. The second-order valence-corrected chi connectivity index (χ2v) is 4.87. The highest BCUT2D eigenvalue weighted by Crippen LogP contribution is 2.25. The third-order valence-electron chi connectivity index (χ3n) is 3.59. The Morgan fingerprint density at radius 2 is 2.32 bits per heavy atom. The predicted octanol–water partition coefficient (Wildman–Crippen LogP) is 1.37. The molecule has 1 unspecified atom stereocenters. The van der Waals surface area contributed by atoms with Crippen LogP contribution in [0.5, 0.6) is 0 Å². The molecule has 0 aromatic carbocycles. The van der Waals surface area contributed by atoms with Crippen LogP contribution >= 0.6 is 0 Å². The average molecular weight is 261 g/mol. The van der Waals surface area contributed by atoms with Crippen LogP contribution in [0.15, 0.2) is 12.5 Å². The van der Waals surface area contributed by atoms with E-state index in [-0.39, 0.29) is 0 Å². The molecule has 1 saturated heterocycles. The first-order valence-corrected chi connectivity index (χ1v) is 6.79. The first kappa shape index (κ1) is 12.3. The van der Waals surface area contributed by atoms with Gasteiger partial charge in [0.25, 0.3) is 0 Å². The van der Waals surface area contributed by atoms with E-state index in [1.807, 2.05) is 20.2 Å². The van der Waals surface area contributed by atoms with Crippen molar-refractivity contribution in [3.8, 4) is 0 Å². The van der Waals surface area contributed by atoms with E-state index in [2.05, 4.69) is 20.0 Å². The SMILES string of the molecule is CCOC1CCCN(c2ncnc3c2cnn3C)C1. The number of fused-ring (bicyclic) bond motifs is 1. The Bertz CT molecular complexity index is 565. The molecule has 6 heteroatoms. The van der Waals surface area contributed by atoms with E-state index in [0.29, 0.717) is 6.10 Å². The molecule has 2 aromatic rings. The lowest BCUT2D eigenvalue weighted by atomic mass is 10.1. The Morgan fingerprint density at radius 1 is 1.42 bits per heavy atom. The number of ether oxygens (including phenoxy) is 1. The van der Waals surface area contributed by atoms with E-state index in [4.69, 9.17) is 4.74 Å². The van der Waals surface area contributed by atoms with Crippen molar-refractivity contribution in [1.82, 2.24) is 19.7 Å². The molecular formula is C13H19N5O. The van der Waals surface area contributed by atoms with E-state index in [9.17, 15) is 0 Å².